The Hall–Kier alpha value is -3.28. The molecule has 0 amide bonds. The van der Waals surface area contributed by atoms with E-state index in [0.29, 0.717) is 26.0 Å². The number of benzene rings is 2. The van der Waals surface area contributed by atoms with Crippen molar-refractivity contribution in [2.75, 3.05) is 19.0 Å². The van der Waals surface area contributed by atoms with Crippen molar-refractivity contribution in [3.63, 3.8) is 0 Å². The Labute approximate surface area is 165 Å². The molecular formula is C22H25N3O3. The first-order chi connectivity index (χ1) is 13.7. The van der Waals surface area contributed by atoms with Crippen LogP contribution in [0.15, 0.2) is 61.2 Å². The molecule has 146 valence electrons. The summed E-state index contributed by atoms with van der Waals surface area (Å²) < 4.78 is 12.5. The van der Waals surface area contributed by atoms with E-state index in [4.69, 9.17) is 9.47 Å². The van der Waals surface area contributed by atoms with Gasteiger partial charge in [0.1, 0.15) is 12.4 Å². The van der Waals surface area contributed by atoms with Gasteiger partial charge in [0.2, 0.25) is 0 Å². The molecule has 1 aromatic heterocycles. The predicted octanol–water partition coefficient (Wildman–Crippen LogP) is 4.12. The molecule has 28 heavy (non-hydrogen) atoms. The molecule has 0 saturated carbocycles. The zero-order valence-corrected chi connectivity index (χ0v) is 16.2. The molecule has 0 bridgehead atoms. The largest absolute Gasteiger partial charge is 0.497 e. The van der Waals surface area contributed by atoms with Gasteiger partial charge in [-0.15, -0.1) is 0 Å². The Balaban J connectivity index is 1.39. The third kappa shape index (κ3) is 5.36. The molecule has 6 heteroatoms. The van der Waals surface area contributed by atoms with Gasteiger partial charge >= 0.3 is 5.97 Å². The second kappa shape index (κ2) is 9.60. The average Bonchev–Trinajstić information content (AvgIpc) is 3.25. The first-order valence-electron chi connectivity index (χ1n) is 9.27. The topological polar surface area (TPSA) is 65.4 Å². The van der Waals surface area contributed by atoms with Crippen LogP contribution in [0.1, 0.15) is 24.0 Å². The number of carbonyl (C=O) groups is 1. The van der Waals surface area contributed by atoms with E-state index in [1.165, 1.54) is 0 Å². The molecule has 0 saturated heterocycles. The normalized spacial score (nSPS) is 10.5. The molecule has 2 aromatic carbocycles. The number of imidazole rings is 1. The van der Waals surface area contributed by atoms with Crippen LogP contribution in [0.5, 0.6) is 5.75 Å². The molecular weight excluding hydrogens is 354 g/mol. The van der Waals surface area contributed by atoms with Gasteiger partial charge < -0.3 is 19.4 Å². The lowest BCUT2D eigenvalue weighted by atomic mass is 10.1. The fourth-order valence-corrected chi connectivity index (χ4v) is 2.82. The van der Waals surface area contributed by atoms with E-state index in [1.807, 2.05) is 54.1 Å². The van der Waals surface area contributed by atoms with Gasteiger partial charge in [-0.2, -0.15) is 0 Å². The third-order valence-electron chi connectivity index (χ3n) is 4.49. The minimum atomic E-state index is -0.186. The van der Waals surface area contributed by atoms with Crippen LogP contribution >= 0.6 is 0 Å². The maximum absolute atomic E-state index is 12.0. The van der Waals surface area contributed by atoms with Crippen molar-refractivity contribution in [2.24, 2.45) is 0 Å². The predicted molar refractivity (Wildman–Crippen MR) is 109 cm³/mol. The summed E-state index contributed by atoms with van der Waals surface area (Å²) in [6.07, 6.45) is 6.50. The number of carbonyl (C=O) groups excluding carboxylic acids is 1. The van der Waals surface area contributed by atoms with Gasteiger partial charge in [-0.1, -0.05) is 6.07 Å². The number of esters is 1. The number of aromatic nitrogens is 2. The number of hydrogen-bond donors (Lipinski definition) is 1. The molecule has 3 rings (SSSR count). The van der Waals surface area contributed by atoms with Crippen molar-refractivity contribution in [1.29, 1.82) is 0 Å². The SMILES string of the molecule is COc1ccc(NCCCC(=O)OCc2ccc(-n3ccnc3)cc2C)cc1. The fraction of sp³-hybridized carbons (Fsp3) is 0.273. The van der Waals surface area contributed by atoms with Crippen LogP contribution in [0.2, 0.25) is 0 Å². The number of aryl methyl sites for hydroxylation is 1. The number of anilines is 1. The summed E-state index contributed by atoms with van der Waals surface area (Å²) in [5.41, 5.74) is 4.13. The van der Waals surface area contributed by atoms with Crippen LogP contribution in [0, 0.1) is 6.92 Å². The Kier molecular flexibility index (Phi) is 6.68. The van der Waals surface area contributed by atoms with E-state index in [0.717, 1.165) is 28.3 Å². The summed E-state index contributed by atoms with van der Waals surface area (Å²) in [6.45, 7) is 3.02. The number of hydrogen-bond acceptors (Lipinski definition) is 5. The Morgan fingerprint density at radius 1 is 1.18 bits per heavy atom. The van der Waals surface area contributed by atoms with E-state index < -0.39 is 0 Å². The molecule has 0 spiro atoms. The molecule has 0 radical (unpaired) electrons. The quantitative estimate of drug-likeness (QED) is 0.447. The maximum atomic E-state index is 12.0. The third-order valence-corrected chi connectivity index (χ3v) is 4.49. The zero-order valence-electron chi connectivity index (χ0n) is 16.2. The number of methoxy groups -OCH3 is 1. The van der Waals surface area contributed by atoms with E-state index in [-0.39, 0.29) is 5.97 Å². The smallest absolute Gasteiger partial charge is 0.306 e. The van der Waals surface area contributed by atoms with Crippen molar-refractivity contribution >= 4 is 11.7 Å². The highest BCUT2D eigenvalue weighted by atomic mass is 16.5. The maximum Gasteiger partial charge on any atom is 0.306 e. The summed E-state index contributed by atoms with van der Waals surface area (Å²) >= 11 is 0. The van der Waals surface area contributed by atoms with Crippen LogP contribution in [0.25, 0.3) is 5.69 Å². The Bertz CT molecular complexity index is 890. The Morgan fingerprint density at radius 2 is 2.00 bits per heavy atom. The van der Waals surface area contributed by atoms with Crippen molar-refractivity contribution < 1.29 is 14.3 Å². The molecule has 0 atom stereocenters. The van der Waals surface area contributed by atoms with Gasteiger partial charge in [0.25, 0.3) is 0 Å². The zero-order chi connectivity index (χ0) is 19.8. The first kappa shape index (κ1) is 19.5. The fourth-order valence-electron chi connectivity index (χ4n) is 2.82. The highest BCUT2D eigenvalue weighted by Crippen LogP contribution is 2.17. The molecule has 0 aliphatic heterocycles. The first-order valence-corrected chi connectivity index (χ1v) is 9.27. The van der Waals surface area contributed by atoms with Crippen LogP contribution < -0.4 is 10.1 Å². The lowest BCUT2D eigenvalue weighted by Gasteiger charge is -2.10. The second-order valence-electron chi connectivity index (χ2n) is 6.50. The summed E-state index contributed by atoms with van der Waals surface area (Å²) in [5.74, 6) is 0.636. The molecule has 0 unspecified atom stereocenters. The number of nitrogens with zero attached hydrogens (tertiary/aromatic N) is 2. The van der Waals surface area contributed by atoms with E-state index >= 15 is 0 Å². The molecule has 3 aromatic rings. The summed E-state index contributed by atoms with van der Waals surface area (Å²) in [6, 6.07) is 13.7. The summed E-state index contributed by atoms with van der Waals surface area (Å²) in [5, 5.41) is 3.28. The van der Waals surface area contributed by atoms with Crippen LogP contribution in [-0.4, -0.2) is 29.2 Å². The van der Waals surface area contributed by atoms with Gasteiger partial charge in [0, 0.05) is 36.7 Å². The van der Waals surface area contributed by atoms with E-state index in [1.54, 1.807) is 19.6 Å². The number of ether oxygens (including phenoxy) is 2. The van der Waals surface area contributed by atoms with Gasteiger partial charge in [0.15, 0.2) is 0 Å². The lowest BCUT2D eigenvalue weighted by Crippen LogP contribution is -2.09. The highest BCUT2D eigenvalue weighted by Gasteiger charge is 2.07. The molecule has 0 aliphatic carbocycles. The summed E-state index contributed by atoms with van der Waals surface area (Å²) in [4.78, 5) is 16.1. The molecule has 0 aliphatic rings. The van der Waals surface area contributed by atoms with Crippen molar-refractivity contribution in [3.8, 4) is 11.4 Å². The van der Waals surface area contributed by atoms with Gasteiger partial charge in [-0.3, -0.25) is 4.79 Å². The minimum Gasteiger partial charge on any atom is -0.497 e. The van der Waals surface area contributed by atoms with E-state index in [9.17, 15) is 4.79 Å². The molecule has 6 nitrogen and oxygen atoms in total. The number of nitrogens with one attached hydrogen (secondary N) is 1. The minimum absolute atomic E-state index is 0.186. The van der Waals surface area contributed by atoms with Crippen LogP contribution in [0.4, 0.5) is 5.69 Å². The van der Waals surface area contributed by atoms with Gasteiger partial charge in [0.05, 0.1) is 13.4 Å². The van der Waals surface area contributed by atoms with Crippen LogP contribution in [0.3, 0.4) is 0 Å². The summed E-state index contributed by atoms with van der Waals surface area (Å²) in [7, 11) is 1.64. The average molecular weight is 379 g/mol. The standard InChI is InChI=1S/C22H25N3O3/c1-17-14-20(25-13-12-23-16-25)8-5-18(17)15-28-22(26)4-3-11-24-19-6-9-21(27-2)10-7-19/h5-10,12-14,16,24H,3-4,11,15H2,1-2H3. The van der Waals surface area contributed by atoms with Crippen molar-refractivity contribution in [3.05, 3.63) is 72.3 Å². The number of rotatable bonds is 9. The molecule has 1 heterocycles. The Morgan fingerprint density at radius 3 is 2.68 bits per heavy atom. The monoisotopic (exact) mass is 379 g/mol. The van der Waals surface area contributed by atoms with Crippen molar-refractivity contribution in [1.82, 2.24) is 9.55 Å². The van der Waals surface area contributed by atoms with Gasteiger partial charge in [-0.05, 0) is 60.9 Å². The van der Waals surface area contributed by atoms with Crippen molar-refractivity contribution in [2.45, 2.75) is 26.4 Å². The van der Waals surface area contributed by atoms with E-state index in [2.05, 4.69) is 16.4 Å². The second-order valence-corrected chi connectivity index (χ2v) is 6.50. The molecule has 1 N–H and O–H groups in total. The van der Waals surface area contributed by atoms with Crippen LogP contribution in [-0.2, 0) is 16.1 Å². The lowest BCUT2D eigenvalue weighted by molar-refractivity contribution is -0.145. The van der Waals surface area contributed by atoms with Gasteiger partial charge in [-0.25, -0.2) is 4.98 Å². The molecule has 0 fully saturated rings. The highest BCUT2D eigenvalue weighted by molar-refractivity contribution is 5.69.